The minimum Gasteiger partial charge on any atom is -0.360 e. The van der Waals surface area contributed by atoms with Crippen molar-refractivity contribution in [3.8, 4) is 0 Å². The van der Waals surface area contributed by atoms with Gasteiger partial charge in [-0.15, -0.1) is 11.3 Å². The summed E-state index contributed by atoms with van der Waals surface area (Å²) in [5.74, 6) is 0.674. The Morgan fingerprint density at radius 1 is 1.35 bits per heavy atom. The van der Waals surface area contributed by atoms with Crippen LogP contribution in [-0.4, -0.2) is 61.8 Å². The lowest BCUT2D eigenvalue weighted by atomic mass is 9.87. The van der Waals surface area contributed by atoms with Crippen LogP contribution in [0.4, 0.5) is 10.9 Å². The van der Waals surface area contributed by atoms with Crippen LogP contribution in [0.1, 0.15) is 49.1 Å². The van der Waals surface area contributed by atoms with Crippen LogP contribution in [0, 0.1) is 13.8 Å². The Labute approximate surface area is 184 Å². The van der Waals surface area contributed by atoms with E-state index in [0.717, 1.165) is 10.6 Å². The van der Waals surface area contributed by atoms with Crippen LogP contribution in [0.3, 0.4) is 0 Å². The number of nitrogens with one attached hydrogen (secondary N) is 2. The number of rotatable bonds is 4. The summed E-state index contributed by atoms with van der Waals surface area (Å²) in [4.78, 5) is 42.1. The summed E-state index contributed by atoms with van der Waals surface area (Å²) >= 11 is 1.46. The van der Waals surface area contributed by atoms with Gasteiger partial charge in [-0.1, -0.05) is 0 Å². The van der Waals surface area contributed by atoms with Crippen molar-refractivity contribution in [2.75, 3.05) is 23.3 Å². The summed E-state index contributed by atoms with van der Waals surface area (Å²) in [5, 5.41) is 17.0. The van der Waals surface area contributed by atoms with Crippen molar-refractivity contribution in [2.24, 2.45) is 0 Å². The van der Waals surface area contributed by atoms with Gasteiger partial charge in [-0.25, -0.2) is 15.0 Å². The van der Waals surface area contributed by atoms with Gasteiger partial charge in [0.25, 0.3) is 5.91 Å². The number of hydrogen-bond donors (Lipinski definition) is 3. The van der Waals surface area contributed by atoms with Crippen LogP contribution in [0.2, 0.25) is 0 Å². The second kappa shape index (κ2) is 8.23. The Morgan fingerprint density at radius 3 is 2.71 bits per heavy atom. The topological polar surface area (TPSA) is 124 Å². The highest BCUT2D eigenvalue weighted by Gasteiger charge is 2.53. The number of aromatic nitrogens is 3. The van der Waals surface area contributed by atoms with Gasteiger partial charge in [0.05, 0.1) is 0 Å². The van der Waals surface area contributed by atoms with E-state index in [-0.39, 0.29) is 17.9 Å². The lowest BCUT2D eigenvalue weighted by molar-refractivity contribution is -0.124. The number of anilines is 2. The Kier molecular flexibility index (Phi) is 5.77. The maximum atomic E-state index is 13.3. The van der Waals surface area contributed by atoms with Crippen LogP contribution >= 0.6 is 11.3 Å². The highest BCUT2D eigenvalue weighted by Crippen LogP contribution is 2.37. The normalized spacial score (nSPS) is 22.2. The van der Waals surface area contributed by atoms with Gasteiger partial charge in [0.15, 0.2) is 11.5 Å². The average Bonchev–Trinajstić information content (AvgIpc) is 3.23. The zero-order valence-corrected chi connectivity index (χ0v) is 18.9. The van der Waals surface area contributed by atoms with Gasteiger partial charge in [-0.3, -0.25) is 24.7 Å². The molecule has 1 unspecified atom stereocenters. The molecule has 0 aliphatic carbocycles. The molecule has 2 aliphatic heterocycles. The first-order chi connectivity index (χ1) is 14.7. The molecular formula is C20H27N7O3S. The monoisotopic (exact) mass is 445 g/mol. The first kappa shape index (κ1) is 21.8. The van der Waals surface area contributed by atoms with Crippen molar-refractivity contribution in [1.29, 1.82) is 0 Å². The van der Waals surface area contributed by atoms with E-state index in [1.807, 2.05) is 6.92 Å². The molecule has 2 fully saturated rings. The fraction of sp³-hybridized carbons (Fsp3) is 0.550. The van der Waals surface area contributed by atoms with Gasteiger partial charge in [0.1, 0.15) is 17.2 Å². The number of aliphatic hydroxyl groups excluding tert-OH is 1. The molecule has 11 heteroatoms. The Morgan fingerprint density at radius 2 is 2.06 bits per heavy atom. The molecule has 2 aromatic rings. The lowest BCUT2D eigenvalue weighted by Gasteiger charge is -2.40. The fourth-order valence-corrected chi connectivity index (χ4v) is 5.23. The van der Waals surface area contributed by atoms with E-state index in [2.05, 4.69) is 37.4 Å². The third kappa shape index (κ3) is 4.18. The zero-order chi connectivity index (χ0) is 22.3. The number of amides is 2. The summed E-state index contributed by atoms with van der Waals surface area (Å²) in [6.07, 6.45) is 1.82. The number of likely N-dealkylation sites (tertiary alicyclic amines) is 1. The highest BCUT2D eigenvalue weighted by atomic mass is 32.1. The van der Waals surface area contributed by atoms with Crippen molar-refractivity contribution >= 4 is 34.1 Å². The van der Waals surface area contributed by atoms with E-state index < -0.39 is 11.9 Å². The summed E-state index contributed by atoms with van der Waals surface area (Å²) in [6, 6.07) is 1.82. The van der Waals surface area contributed by atoms with Crippen molar-refractivity contribution in [3.05, 3.63) is 28.7 Å². The second-order valence-corrected chi connectivity index (χ2v) is 9.21. The summed E-state index contributed by atoms with van der Waals surface area (Å²) in [6.45, 7) is 8.54. The molecule has 31 heavy (non-hydrogen) atoms. The molecule has 2 atom stereocenters. The molecule has 4 rings (SSSR count). The van der Waals surface area contributed by atoms with E-state index in [4.69, 9.17) is 0 Å². The van der Waals surface area contributed by atoms with Crippen molar-refractivity contribution in [3.63, 3.8) is 0 Å². The molecule has 2 amide bonds. The smallest absolute Gasteiger partial charge is 0.251 e. The van der Waals surface area contributed by atoms with Gasteiger partial charge in [0.2, 0.25) is 5.91 Å². The van der Waals surface area contributed by atoms with Crippen LogP contribution in [0.25, 0.3) is 0 Å². The number of piperidine rings is 1. The summed E-state index contributed by atoms with van der Waals surface area (Å²) in [7, 11) is 0. The molecule has 2 aliphatic rings. The van der Waals surface area contributed by atoms with E-state index >= 15 is 0 Å². The molecule has 3 N–H and O–H groups in total. The highest BCUT2D eigenvalue weighted by molar-refractivity contribution is 7.15. The van der Waals surface area contributed by atoms with Crippen molar-refractivity contribution in [1.82, 2.24) is 25.2 Å². The van der Waals surface area contributed by atoms with E-state index in [1.165, 1.54) is 23.2 Å². The number of nitrogens with zero attached hydrogens (tertiary/aromatic N) is 5. The minimum absolute atomic E-state index is 0.113. The van der Waals surface area contributed by atoms with Crippen LogP contribution in [0.5, 0.6) is 0 Å². The number of carbonyl (C=O) groups is 2. The largest absolute Gasteiger partial charge is 0.360 e. The predicted octanol–water partition coefficient (Wildman–Crippen LogP) is 1.32. The summed E-state index contributed by atoms with van der Waals surface area (Å²) in [5.41, 5.74) is -0.0625. The third-order valence-corrected chi connectivity index (χ3v) is 6.98. The van der Waals surface area contributed by atoms with E-state index in [0.29, 0.717) is 42.7 Å². The lowest BCUT2D eigenvalue weighted by Crippen LogP contribution is -2.55. The molecule has 166 valence electrons. The maximum Gasteiger partial charge on any atom is 0.251 e. The maximum absolute atomic E-state index is 13.3. The molecule has 2 aromatic heterocycles. The van der Waals surface area contributed by atoms with E-state index in [9.17, 15) is 14.7 Å². The first-order valence-electron chi connectivity index (χ1n) is 10.3. The van der Waals surface area contributed by atoms with Crippen LogP contribution < -0.4 is 15.5 Å². The number of hydrogen-bond acceptors (Lipinski definition) is 9. The minimum atomic E-state index is -1.12. The van der Waals surface area contributed by atoms with Crippen LogP contribution in [0.15, 0.2) is 12.3 Å². The van der Waals surface area contributed by atoms with Crippen molar-refractivity contribution in [2.45, 2.75) is 58.5 Å². The molecular weight excluding hydrogens is 418 g/mol. The van der Waals surface area contributed by atoms with Gasteiger partial charge >= 0.3 is 0 Å². The standard InChI is InChI=1S/C20H27N7O3S/c1-11-9-16(23-13(3)22-11)27-17(29)20(25-19(27)30)5-7-26(8-6-20)12(2)15-10-21-18(31-15)24-14(4)28/h9-10,12,19,25,30H,5-8H2,1-4H3,(H,21,24,28)/t12-,19?/m0/s1. The molecule has 10 nitrogen and oxygen atoms in total. The Balaban J connectivity index is 1.45. The average molecular weight is 446 g/mol. The fourth-order valence-electron chi connectivity index (χ4n) is 4.28. The number of thiazole rings is 1. The molecule has 0 bridgehead atoms. The van der Waals surface area contributed by atoms with Gasteiger partial charge in [-0.05, 0) is 33.6 Å². The quantitative estimate of drug-likeness (QED) is 0.644. The van der Waals surface area contributed by atoms with Gasteiger partial charge in [0, 0.05) is 48.9 Å². The van der Waals surface area contributed by atoms with Gasteiger partial charge < -0.3 is 10.4 Å². The van der Waals surface area contributed by atoms with Crippen molar-refractivity contribution < 1.29 is 14.7 Å². The molecule has 2 saturated heterocycles. The third-order valence-electron chi connectivity index (χ3n) is 5.90. The Bertz CT molecular complexity index is 982. The number of aryl methyl sites for hydroxylation is 2. The predicted molar refractivity (Wildman–Crippen MR) is 117 cm³/mol. The zero-order valence-electron chi connectivity index (χ0n) is 18.0. The van der Waals surface area contributed by atoms with E-state index in [1.54, 1.807) is 19.2 Å². The Hall–Kier alpha value is -2.47. The summed E-state index contributed by atoms with van der Waals surface area (Å²) < 4.78 is 0. The molecule has 0 aromatic carbocycles. The van der Waals surface area contributed by atoms with Gasteiger partial charge in [-0.2, -0.15) is 0 Å². The molecule has 1 spiro atoms. The van der Waals surface area contributed by atoms with Crippen LogP contribution in [-0.2, 0) is 9.59 Å². The SMILES string of the molecule is CC(=O)Nc1ncc([C@H](C)N2CCC3(CC2)NC(O)N(c2cc(C)nc(C)n2)C3=O)s1. The molecule has 0 saturated carbocycles. The number of aliphatic hydroxyl groups is 1. The first-order valence-corrected chi connectivity index (χ1v) is 11.1. The molecule has 0 radical (unpaired) electrons. The second-order valence-electron chi connectivity index (χ2n) is 8.15. The molecule has 4 heterocycles. The number of carbonyl (C=O) groups excluding carboxylic acids is 2.